The van der Waals surface area contributed by atoms with E-state index in [0.717, 1.165) is 19.8 Å². The molecule has 0 radical (unpaired) electrons. The van der Waals surface area contributed by atoms with Gasteiger partial charge in [0.1, 0.15) is 11.5 Å². The first-order valence-corrected chi connectivity index (χ1v) is 8.61. The maximum absolute atomic E-state index is 12.7. The monoisotopic (exact) mass is 452 g/mol. The Bertz CT molecular complexity index is 922. The third-order valence-electron chi connectivity index (χ3n) is 3.62. The molecule has 0 fully saturated rings. The second kappa shape index (κ2) is 6.86. The van der Waals surface area contributed by atoms with Crippen molar-refractivity contribution in [1.82, 2.24) is 4.98 Å². The summed E-state index contributed by atoms with van der Waals surface area (Å²) in [6.07, 6.45) is 1.69. The van der Waals surface area contributed by atoms with Gasteiger partial charge in [0.05, 0.1) is 25.5 Å². The van der Waals surface area contributed by atoms with Crippen molar-refractivity contribution in [2.75, 3.05) is 19.5 Å². The van der Waals surface area contributed by atoms with Gasteiger partial charge >= 0.3 is 0 Å². The number of halogens is 2. The number of carbonyl (C=O) groups excluding carboxylic acids is 1. The number of hydrogen-bond acceptors (Lipinski definition) is 3. The average Bonchev–Trinajstić information content (AvgIpc) is 2.98. The highest BCUT2D eigenvalue weighted by Gasteiger charge is 2.16. The highest BCUT2D eigenvalue weighted by Crippen LogP contribution is 2.32. The topological polar surface area (TPSA) is 63.3 Å². The van der Waals surface area contributed by atoms with Gasteiger partial charge in [-0.25, -0.2) is 0 Å². The quantitative estimate of drug-likeness (QED) is 0.586. The Labute approximate surface area is 155 Å². The Morgan fingerprint density at radius 1 is 1.08 bits per heavy atom. The molecule has 0 spiro atoms. The third-order valence-corrected chi connectivity index (χ3v) is 5.47. The lowest BCUT2D eigenvalue weighted by atomic mass is 10.1. The summed E-state index contributed by atoms with van der Waals surface area (Å²) in [5.74, 6) is 0.969. The number of ether oxygens (including phenoxy) is 2. The van der Waals surface area contributed by atoms with E-state index in [1.165, 1.54) is 0 Å². The minimum Gasteiger partial charge on any atom is -0.497 e. The number of hydrogen-bond donors (Lipinski definition) is 2. The Kier molecular flexibility index (Phi) is 4.82. The average molecular weight is 454 g/mol. The van der Waals surface area contributed by atoms with Gasteiger partial charge in [0.25, 0.3) is 5.91 Å². The highest BCUT2D eigenvalue weighted by atomic mass is 79.9. The first-order valence-electron chi connectivity index (χ1n) is 7.03. The number of methoxy groups -OCH3 is 2. The predicted octanol–water partition coefficient (Wildman–Crippen LogP) is 4.96. The van der Waals surface area contributed by atoms with Crippen molar-refractivity contribution in [3.8, 4) is 11.5 Å². The molecule has 2 N–H and O–H groups in total. The van der Waals surface area contributed by atoms with E-state index < -0.39 is 0 Å². The summed E-state index contributed by atoms with van der Waals surface area (Å²) < 4.78 is 12.3. The van der Waals surface area contributed by atoms with E-state index in [1.807, 2.05) is 12.1 Å². The minimum absolute atomic E-state index is 0.223. The number of rotatable bonds is 4. The number of fused-ring (bicyclic) bond motifs is 1. The first-order chi connectivity index (χ1) is 11.5. The molecule has 5 nitrogen and oxygen atoms in total. The van der Waals surface area contributed by atoms with Gasteiger partial charge in [0, 0.05) is 32.1 Å². The number of nitrogens with one attached hydrogen (secondary N) is 2. The zero-order valence-corrected chi connectivity index (χ0v) is 16.1. The molecule has 0 atom stereocenters. The number of carbonyl (C=O) groups is 1. The van der Waals surface area contributed by atoms with Gasteiger partial charge in [-0.15, -0.1) is 0 Å². The van der Waals surface area contributed by atoms with Crippen LogP contribution in [-0.2, 0) is 0 Å². The lowest BCUT2D eigenvalue weighted by molar-refractivity contribution is 0.102. The van der Waals surface area contributed by atoms with Crippen LogP contribution in [-0.4, -0.2) is 25.1 Å². The molecule has 0 bridgehead atoms. The van der Waals surface area contributed by atoms with Crippen LogP contribution in [0.1, 0.15) is 10.4 Å². The van der Waals surface area contributed by atoms with Crippen molar-refractivity contribution in [3.05, 3.63) is 51.0 Å². The molecule has 0 aliphatic heterocycles. The van der Waals surface area contributed by atoms with Crippen molar-refractivity contribution in [1.29, 1.82) is 0 Å². The molecule has 0 saturated carbocycles. The molecule has 0 unspecified atom stereocenters. The zero-order chi connectivity index (χ0) is 17.3. The van der Waals surface area contributed by atoms with Crippen LogP contribution in [0.5, 0.6) is 11.5 Å². The van der Waals surface area contributed by atoms with Gasteiger partial charge in [-0.1, -0.05) is 0 Å². The molecule has 1 heterocycles. The first kappa shape index (κ1) is 16.9. The number of amides is 1. The van der Waals surface area contributed by atoms with E-state index in [0.29, 0.717) is 22.7 Å². The van der Waals surface area contributed by atoms with Crippen LogP contribution < -0.4 is 14.8 Å². The van der Waals surface area contributed by atoms with Crippen molar-refractivity contribution < 1.29 is 14.3 Å². The third kappa shape index (κ3) is 3.14. The van der Waals surface area contributed by atoms with Crippen LogP contribution in [0, 0.1) is 0 Å². The largest absolute Gasteiger partial charge is 0.497 e. The summed E-state index contributed by atoms with van der Waals surface area (Å²) in [6, 6.07) is 9.05. The SMILES string of the molecule is COc1ccc(NC(=O)c2c[nH]c3cc(Br)c(Br)cc23)c(OC)c1. The van der Waals surface area contributed by atoms with Crippen LogP contribution in [0.4, 0.5) is 5.69 Å². The Balaban J connectivity index is 1.95. The second-order valence-corrected chi connectivity index (χ2v) is 6.74. The zero-order valence-electron chi connectivity index (χ0n) is 12.9. The summed E-state index contributed by atoms with van der Waals surface area (Å²) in [4.78, 5) is 15.8. The van der Waals surface area contributed by atoms with Crippen LogP contribution >= 0.6 is 31.9 Å². The van der Waals surface area contributed by atoms with Gasteiger partial charge in [-0.2, -0.15) is 0 Å². The molecule has 0 saturated heterocycles. The van der Waals surface area contributed by atoms with E-state index in [4.69, 9.17) is 9.47 Å². The highest BCUT2D eigenvalue weighted by molar-refractivity contribution is 9.13. The summed E-state index contributed by atoms with van der Waals surface area (Å²) in [5, 5.41) is 3.70. The fourth-order valence-corrected chi connectivity index (χ4v) is 3.08. The van der Waals surface area contributed by atoms with Crippen LogP contribution in [0.25, 0.3) is 10.9 Å². The maximum atomic E-state index is 12.7. The van der Waals surface area contributed by atoms with E-state index in [1.54, 1.807) is 38.6 Å². The normalized spacial score (nSPS) is 10.7. The second-order valence-electron chi connectivity index (χ2n) is 5.03. The standard InChI is InChI=1S/C17H14Br2N2O3/c1-23-9-3-4-14(16(5-9)24-2)21-17(22)11-8-20-15-7-13(19)12(18)6-10(11)15/h3-8,20H,1-2H3,(H,21,22). The van der Waals surface area contributed by atoms with Gasteiger partial charge in [0.15, 0.2) is 0 Å². The summed E-state index contributed by atoms with van der Waals surface area (Å²) in [7, 11) is 3.12. The molecule has 124 valence electrons. The molecule has 1 aromatic heterocycles. The molecule has 2 aromatic carbocycles. The lowest BCUT2D eigenvalue weighted by Crippen LogP contribution is -2.12. The molecular formula is C17H14Br2N2O3. The number of benzene rings is 2. The molecule has 0 aliphatic rings. The van der Waals surface area contributed by atoms with Crippen LogP contribution in [0.3, 0.4) is 0 Å². The van der Waals surface area contributed by atoms with E-state index in [2.05, 4.69) is 42.2 Å². The Morgan fingerprint density at radius 3 is 2.54 bits per heavy atom. The fourth-order valence-electron chi connectivity index (χ4n) is 2.40. The van der Waals surface area contributed by atoms with E-state index in [-0.39, 0.29) is 5.91 Å². The summed E-state index contributed by atoms with van der Waals surface area (Å²) in [6.45, 7) is 0. The molecule has 1 amide bonds. The maximum Gasteiger partial charge on any atom is 0.257 e. The molecule has 3 rings (SSSR count). The molecule has 7 heteroatoms. The van der Waals surface area contributed by atoms with Gasteiger partial charge in [0.2, 0.25) is 0 Å². The predicted molar refractivity (Wildman–Crippen MR) is 101 cm³/mol. The van der Waals surface area contributed by atoms with Crippen molar-refractivity contribution >= 4 is 54.4 Å². The Hall–Kier alpha value is -1.99. The van der Waals surface area contributed by atoms with E-state index in [9.17, 15) is 4.79 Å². The summed E-state index contributed by atoms with van der Waals surface area (Å²) in [5.41, 5.74) is 2.00. The number of anilines is 1. The molecule has 3 aromatic rings. The lowest BCUT2D eigenvalue weighted by Gasteiger charge is -2.11. The Morgan fingerprint density at radius 2 is 1.83 bits per heavy atom. The van der Waals surface area contributed by atoms with Gasteiger partial charge < -0.3 is 19.8 Å². The fraction of sp³-hybridized carbons (Fsp3) is 0.118. The van der Waals surface area contributed by atoms with Crippen LogP contribution in [0.15, 0.2) is 45.5 Å². The number of H-pyrrole nitrogens is 1. The van der Waals surface area contributed by atoms with Gasteiger partial charge in [-0.05, 0) is 56.1 Å². The molecule has 24 heavy (non-hydrogen) atoms. The van der Waals surface area contributed by atoms with Crippen molar-refractivity contribution in [3.63, 3.8) is 0 Å². The minimum atomic E-state index is -0.223. The van der Waals surface area contributed by atoms with Crippen LogP contribution in [0.2, 0.25) is 0 Å². The summed E-state index contributed by atoms with van der Waals surface area (Å²) >= 11 is 6.92. The van der Waals surface area contributed by atoms with Crippen molar-refractivity contribution in [2.24, 2.45) is 0 Å². The number of aromatic amines is 1. The molecule has 0 aliphatic carbocycles. The smallest absolute Gasteiger partial charge is 0.257 e. The van der Waals surface area contributed by atoms with Crippen molar-refractivity contribution in [2.45, 2.75) is 0 Å². The molecular weight excluding hydrogens is 440 g/mol. The number of aromatic nitrogens is 1. The van der Waals surface area contributed by atoms with Gasteiger partial charge in [-0.3, -0.25) is 4.79 Å². The van der Waals surface area contributed by atoms with E-state index >= 15 is 0 Å².